The third-order valence-electron chi connectivity index (χ3n) is 3.46. The Kier molecular flexibility index (Phi) is 6.78. The number of aryl methyl sites for hydroxylation is 1. The highest BCUT2D eigenvalue weighted by Crippen LogP contribution is 2.14. The molecule has 0 aliphatic carbocycles. The molecule has 0 atom stereocenters. The predicted molar refractivity (Wildman–Crippen MR) is 77.8 cm³/mol. The molecule has 0 amide bonds. The molecule has 0 saturated carbocycles. The van der Waals surface area contributed by atoms with Crippen molar-refractivity contribution in [2.24, 2.45) is 0 Å². The number of thiophene rings is 1. The zero-order valence-electron chi connectivity index (χ0n) is 11.6. The Morgan fingerprint density at radius 2 is 2.06 bits per heavy atom. The summed E-state index contributed by atoms with van der Waals surface area (Å²) in [6, 6.07) is 2.93. The summed E-state index contributed by atoms with van der Waals surface area (Å²) in [6.45, 7) is 9.95. The Morgan fingerprint density at radius 1 is 1.35 bits per heavy atom. The number of nitrogens with zero attached hydrogens (tertiary/aromatic N) is 1. The molecule has 1 aromatic rings. The van der Waals surface area contributed by atoms with Crippen LogP contribution in [0, 0.1) is 6.92 Å². The minimum Gasteiger partial charge on any atom is -0.311 e. The molecule has 0 fully saturated rings. The van der Waals surface area contributed by atoms with Gasteiger partial charge in [0, 0.05) is 30.6 Å². The monoisotopic (exact) mass is 254 g/mol. The topological polar surface area (TPSA) is 15.3 Å². The van der Waals surface area contributed by atoms with Crippen molar-refractivity contribution in [1.82, 2.24) is 10.2 Å². The van der Waals surface area contributed by atoms with Crippen LogP contribution in [0.25, 0.3) is 0 Å². The number of hydrogen-bond donors (Lipinski definition) is 1. The maximum atomic E-state index is 3.53. The van der Waals surface area contributed by atoms with Crippen molar-refractivity contribution in [2.75, 3.05) is 20.1 Å². The van der Waals surface area contributed by atoms with Gasteiger partial charge in [-0.3, -0.25) is 0 Å². The lowest BCUT2D eigenvalue weighted by atomic mass is 10.1. The Bertz CT molecular complexity index is 305. The van der Waals surface area contributed by atoms with Gasteiger partial charge in [0.1, 0.15) is 0 Å². The highest BCUT2D eigenvalue weighted by atomic mass is 32.1. The van der Waals surface area contributed by atoms with Crippen molar-refractivity contribution in [3.8, 4) is 0 Å². The number of likely N-dealkylation sites (N-methyl/N-ethyl adjacent to an activating group) is 1. The summed E-state index contributed by atoms with van der Waals surface area (Å²) in [6.07, 6.45) is 2.49. The van der Waals surface area contributed by atoms with Gasteiger partial charge in [-0.2, -0.15) is 0 Å². The molecule has 0 aliphatic heterocycles. The first-order chi connectivity index (χ1) is 8.19. The highest BCUT2D eigenvalue weighted by Gasteiger charge is 2.09. The Morgan fingerprint density at radius 3 is 2.59 bits per heavy atom. The molecule has 0 radical (unpaired) electrons. The minimum atomic E-state index is 0.736. The van der Waals surface area contributed by atoms with Gasteiger partial charge in [-0.15, -0.1) is 11.3 Å². The molecule has 0 saturated heterocycles. The van der Waals surface area contributed by atoms with Gasteiger partial charge in [0.25, 0.3) is 0 Å². The summed E-state index contributed by atoms with van der Waals surface area (Å²) in [5, 5.41) is 5.70. The molecule has 1 rings (SSSR count). The van der Waals surface area contributed by atoms with Gasteiger partial charge < -0.3 is 10.2 Å². The van der Waals surface area contributed by atoms with Crippen LogP contribution in [0.2, 0.25) is 0 Å². The predicted octanol–water partition coefficient (Wildman–Crippen LogP) is 3.27. The second kappa shape index (κ2) is 7.85. The first kappa shape index (κ1) is 14.7. The van der Waals surface area contributed by atoms with Crippen LogP contribution >= 0.6 is 11.3 Å². The van der Waals surface area contributed by atoms with Crippen LogP contribution in [0.15, 0.2) is 11.4 Å². The van der Waals surface area contributed by atoms with Crippen LogP contribution in [0.5, 0.6) is 0 Å². The fourth-order valence-corrected chi connectivity index (χ4v) is 3.01. The van der Waals surface area contributed by atoms with Crippen molar-refractivity contribution in [3.63, 3.8) is 0 Å². The van der Waals surface area contributed by atoms with E-state index in [2.05, 4.69) is 49.5 Å². The highest BCUT2D eigenvalue weighted by molar-refractivity contribution is 7.10. The van der Waals surface area contributed by atoms with Crippen LogP contribution in [0.4, 0.5) is 0 Å². The molecule has 2 nitrogen and oxygen atoms in total. The lowest BCUT2D eigenvalue weighted by Gasteiger charge is -2.26. The summed E-state index contributed by atoms with van der Waals surface area (Å²) in [5.41, 5.74) is 1.41. The molecular formula is C14H26N2S. The molecule has 0 aliphatic rings. The second-order valence-electron chi connectivity index (χ2n) is 4.65. The van der Waals surface area contributed by atoms with Gasteiger partial charge in [-0.25, -0.2) is 0 Å². The summed E-state index contributed by atoms with van der Waals surface area (Å²) >= 11 is 1.85. The first-order valence-electron chi connectivity index (χ1n) is 6.62. The van der Waals surface area contributed by atoms with E-state index in [1.54, 1.807) is 0 Å². The lowest BCUT2D eigenvalue weighted by molar-refractivity contribution is 0.230. The third kappa shape index (κ3) is 4.78. The Balaban J connectivity index is 2.18. The molecule has 3 heteroatoms. The van der Waals surface area contributed by atoms with Gasteiger partial charge in [0.15, 0.2) is 0 Å². The fourth-order valence-electron chi connectivity index (χ4n) is 2.14. The third-order valence-corrected chi connectivity index (χ3v) is 4.48. The van der Waals surface area contributed by atoms with Gasteiger partial charge in [0.2, 0.25) is 0 Å². The van der Waals surface area contributed by atoms with Crippen LogP contribution in [0.1, 0.15) is 37.1 Å². The quantitative estimate of drug-likeness (QED) is 0.716. The molecule has 1 aromatic heterocycles. The van der Waals surface area contributed by atoms with Gasteiger partial charge in [-0.05, 0) is 43.8 Å². The molecule has 0 bridgehead atoms. The van der Waals surface area contributed by atoms with Crippen molar-refractivity contribution in [3.05, 3.63) is 21.9 Å². The molecule has 1 N–H and O–H groups in total. The molecule has 0 spiro atoms. The van der Waals surface area contributed by atoms with Crippen molar-refractivity contribution < 1.29 is 0 Å². The summed E-state index contributed by atoms with van der Waals surface area (Å²) in [5.74, 6) is 0. The maximum absolute atomic E-state index is 3.53. The summed E-state index contributed by atoms with van der Waals surface area (Å²) in [4.78, 5) is 3.93. The average Bonchev–Trinajstić information content (AvgIpc) is 2.72. The molecule has 1 heterocycles. The zero-order valence-corrected chi connectivity index (χ0v) is 12.4. The SMILES string of the molecule is CCC(CC)N(C)CCNCc1sccc1C. The Labute approximate surface area is 110 Å². The number of rotatable bonds is 8. The molecule has 0 unspecified atom stereocenters. The largest absolute Gasteiger partial charge is 0.311 e. The van der Waals surface area contributed by atoms with E-state index in [9.17, 15) is 0 Å². The van der Waals surface area contributed by atoms with Gasteiger partial charge in [-0.1, -0.05) is 13.8 Å². The van der Waals surface area contributed by atoms with E-state index in [1.165, 1.54) is 23.3 Å². The van der Waals surface area contributed by atoms with E-state index in [0.717, 1.165) is 25.7 Å². The van der Waals surface area contributed by atoms with Crippen molar-refractivity contribution >= 4 is 11.3 Å². The van der Waals surface area contributed by atoms with E-state index >= 15 is 0 Å². The average molecular weight is 254 g/mol. The fraction of sp³-hybridized carbons (Fsp3) is 0.714. The summed E-state index contributed by atoms with van der Waals surface area (Å²) < 4.78 is 0. The van der Waals surface area contributed by atoms with E-state index in [0.29, 0.717) is 0 Å². The van der Waals surface area contributed by atoms with Crippen molar-refractivity contribution in [1.29, 1.82) is 0 Å². The van der Waals surface area contributed by atoms with E-state index in [-0.39, 0.29) is 0 Å². The molecule has 17 heavy (non-hydrogen) atoms. The van der Waals surface area contributed by atoms with E-state index in [1.807, 2.05) is 11.3 Å². The van der Waals surface area contributed by atoms with E-state index < -0.39 is 0 Å². The van der Waals surface area contributed by atoms with Gasteiger partial charge in [0.05, 0.1) is 0 Å². The zero-order chi connectivity index (χ0) is 12.7. The smallest absolute Gasteiger partial charge is 0.0302 e. The van der Waals surface area contributed by atoms with Crippen LogP contribution in [-0.2, 0) is 6.54 Å². The molecular weight excluding hydrogens is 228 g/mol. The van der Waals surface area contributed by atoms with Gasteiger partial charge >= 0.3 is 0 Å². The normalized spacial score (nSPS) is 11.6. The Hall–Kier alpha value is -0.380. The standard InChI is InChI=1S/C14H26N2S/c1-5-13(6-2)16(4)9-8-15-11-14-12(3)7-10-17-14/h7,10,13,15H,5-6,8-9,11H2,1-4H3. The molecule has 98 valence electrons. The van der Waals surface area contributed by atoms with Crippen molar-refractivity contribution in [2.45, 2.75) is 46.2 Å². The van der Waals surface area contributed by atoms with Crippen LogP contribution in [-0.4, -0.2) is 31.1 Å². The number of hydrogen-bond acceptors (Lipinski definition) is 3. The van der Waals surface area contributed by atoms with Crippen LogP contribution < -0.4 is 5.32 Å². The first-order valence-corrected chi connectivity index (χ1v) is 7.50. The van der Waals surface area contributed by atoms with Crippen LogP contribution in [0.3, 0.4) is 0 Å². The second-order valence-corrected chi connectivity index (χ2v) is 5.66. The van der Waals surface area contributed by atoms with E-state index in [4.69, 9.17) is 0 Å². The number of nitrogens with one attached hydrogen (secondary N) is 1. The lowest BCUT2D eigenvalue weighted by Crippen LogP contribution is -2.36. The maximum Gasteiger partial charge on any atom is 0.0302 e. The molecule has 0 aromatic carbocycles. The minimum absolute atomic E-state index is 0.736. The summed E-state index contributed by atoms with van der Waals surface area (Å²) in [7, 11) is 2.23.